The van der Waals surface area contributed by atoms with Gasteiger partial charge in [-0.3, -0.25) is 0 Å². The molecule has 0 radical (unpaired) electrons. The minimum Gasteiger partial charge on any atom is -0.417 e. The lowest BCUT2D eigenvalue weighted by Gasteiger charge is -2.33. The van der Waals surface area contributed by atoms with Crippen LogP contribution in [-0.2, 0) is 38.8 Å². The van der Waals surface area contributed by atoms with Gasteiger partial charge in [0.25, 0.3) is 0 Å². The maximum atomic E-state index is 10.0. The fraction of sp³-hybridized carbons (Fsp3) is 0.625. The van der Waals surface area contributed by atoms with Crippen molar-refractivity contribution in [1.29, 1.82) is 0 Å². The van der Waals surface area contributed by atoms with Crippen molar-refractivity contribution in [2.24, 2.45) is 0 Å². The molecule has 2 aromatic carbocycles. The quantitative estimate of drug-likeness (QED) is 0.305. The van der Waals surface area contributed by atoms with Crippen molar-refractivity contribution in [3.63, 3.8) is 0 Å². The van der Waals surface area contributed by atoms with Gasteiger partial charge in [-0.05, 0) is 45.6 Å². The third kappa shape index (κ3) is 8.88. The molecule has 0 amide bonds. The summed E-state index contributed by atoms with van der Waals surface area (Å²) in [6, 6.07) is 8.76. The van der Waals surface area contributed by atoms with Crippen molar-refractivity contribution in [2.45, 2.75) is 131 Å². The SMILES string of the molecule is CCc1cc(C(C)(C)C)c(OP(Oc2c(C(C)(C)C)cc(CC)cc2C(C)(C)C)OP(O)O)c(C(C)(C)C)c1. The number of aryl methyl sites for hydroxylation is 2. The first-order valence-corrected chi connectivity index (χ1v) is 16.2. The highest BCUT2D eigenvalue weighted by molar-refractivity contribution is 7.55. The first-order chi connectivity index (χ1) is 17.6. The molecule has 0 aliphatic carbocycles. The number of hydrogen-bond acceptors (Lipinski definition) is 5. The van der Waals surface area contributed by atoms with Crippen molar-refractivity contribution >= 4 is 17.2 Å². The molecule has 0 bridgehead atoms. The molecule has 2 rings (SSSR count). The smallest absolute Gasteiger partial charge is 0.417 e. The van der Waals surface area contributed by atoms with E-state index in [1.54, 1.807) is 0 Å². The van der Waals surface area contributed by atoms with E-state index in [0.717, 1.165) is 35.1 Å². The maximum absolute atomic E-state index is 10.0. The third-order valence-electron chi connectivity index (χ3n) is 6.82. The molecular weight excluding hydrogens is 526 g/mol. The van der Waals surface area contributed by atoms with E-state index >= 15 is 0 Å². The van der Waals surface area contributed by atoms with E-state index < -0.39 is 17.2 Å². The summed E-state index contributed by atoms with van der Waals surface area (Å²) in [6.45, 7) is 30.2. The van der Waals surface area contributed by atoms with Gasteiger partial charge in [0.2, 0.25) is 0 Å². The topological polar surface area (TPSA) is 68.2 Å². The Balaban J connectivity index is 2.84. The average molecular weight is 579 g/mol. The van der Waals surface area contributed by atoms with E-state index in [1.807, 2.05) is 0 Å². The predicted molar refractivity (Wildman–Crippen MR) is 167 cm³/mol. The van der Waals surface area contributed by atoms with Crippen LogP contribution >= 0.6 is 17.2 Å². The van der Waals surface area contributed by atoms with Crippen molar-refractivity contribution in [1.82, 2.24) is 0 Å². The molecule has 0 saturated heterocycles. The van der Waals surface area contributed by atoms with Crippen LogP contribution in [0, 0.1) is 0 Å². The highest BCUT2D eigenvalue weighted by atomic mass is 31.2. The summed E-state index contributed by atoms with van der Waals surface area (Å²) in [5.41, 5.74) is 5.74. The Labute approximate surface area is 240 Å². The molecule has 39 heavy (non-hydrogen) atoms. The van der Waals surface area contributed by atoms with Crippen molar-refractivity contribution in [2.75, 3.05) is 0 Å². The van der Waals surface area contributed by atoms with E-state index in [-0.39, 0.29) is 21.7 Å². The maximum Gasteiger partial charge on any atom is 0.470 e. The lowest BCUT2D eigenvalue weighted by Crippen LogP contribution is -2.21. The molecule has 0 aliphatic rings. The van der Waals surface area contributed by atoms with Crippen LogP contribution < -0.4 is 9.05 Å². The zero-order chi connectivity index (χ0) is 30.1. The van der Waals surface area contributed by atoms with Crippen LogP contribution in [0.3, 0.4) is 0 Å². The fourth-order valence-electron chi connectivity index (χ4n) is 4.47. The highest BCUT2D eigenvalue weighted by Gasteiger charge is 2.35. The fourth-order valence-corrected chi connectivity index (χ4v) is 5.94. The Kier molecular flexibility index (Phi) is 10.7. The van der Waals surface area contributed by atoms with Crippen LogP contribution in [0.15, 0.2) is 24.3 Å². The summed E-state index contributed by atoms with van der Waals surface area (Å²) in [5, 5.41) is 0. The normalized spacial score (nSPS) is 13.4. The van der Waals surface area contributed by atoms with Crippen LogP contribution in [-0.4, -0.2) is 9.79 Å². The minimum atomic E-state index is -2.72. The molecule has 220 valence electrons. The zero-order valence-electron chi connectivity index (χ0n) is 26.7. The minimum absolute atomic E-state index is 0.222. The Bertz CT molecular complexity index is 974. The lowest BCUT2D eigenvalue weighted by molar-refractivity contribution is 0.324. The number of hydrogen-bond donors (Lipinski definition) is 2. The summed E-state index contributed by atoms with van der Waals surface area (Å²) >= 11 is 0. The van der Waals surface area contributed by atoms with Gasteiger partial charge in [-0.1, -0.05) is 121 Å². The van der Waals surface area contributed by atoms with Gasteiger partial charge in [0.15, 0.2) is 0 Å². The molecule has 0 atom stereocenters. The van der Waals surface area contributed by atoms with E-state index in [1.165, 1.54) is 11.1 Å². The second-order valence-corrected chi connectivity index (χ2v) is 16.5. The van der Waals surface area contributed by atoms with Gasteiger partial charge >= 0.3 is 17.2 Å². The van der Waals surface area contributed by atoms with E-state index in [4.69, 9.17) is 13.4 Å². The molecule has 0 saturated carbocycles. The summed E-state index contributed by atoms with van der Waals surface area (Å²) in [6.07, 6.45) is 1.81. The monoisotopic (exact) mass is 578 g/mol. The molecule has 0 aromatic heterocycles. The predicted octanol–water partition coefficient (Wildman–Crippen LogP) is 9.91. The van der Waals surface area contributed by atoms with Crippen LogP contribution in [0.2, 0.25) is 0 Å². The average Bonchev–Trinajstić information content (AvgIpc) is 2.75. The molecule has 2 N–H and O–H groups in total. The van der Waals surface area contributed by atoms with Crippen molar-refractivity contribution in [3.05, 3.63) is 57.6 Å². The van der Waals surface area contributed by atoms with Gasteiger partial charge in [0.1, 0.15) is 11.5 Å². The largest absolute Gasteiger partial charge is 0.470 e. The highest BCUT2D eigenvalue weighted by Crippen LogP contribution is 2.56. The Morgan fingerprint density at radius 3 is 0.974 bits per heavy atom. The number of benzene rings is 2. The van der Waals surface area contributed by atoms with E-state index in [2.05, 4.69) is 121 Å². The van der Waals surface area contributed by atoms with Crippen LogP contribution in [0.25, 0.3) is 0 Å². The van der Waals surface area contributed by atoms with Gasteiger partial charge < -0.3 is 18.8 Å². The Morgan fingerprint density at radius 2 is 0.795 bits per heavy atom. The Hall–Kier alpha value is -1.22. The van der Waals surface area contributed by atoms with Crippen LogP contribution in [0.1, 0.15) is 130 Å². The second-order valence-electron chi connectivity index (χ2n) is 14.5. The molecule has 5 nitrogen and oxygen atoms in total. The first kappa shape index (κ1) is 34.0. The summed E-state index contributed by atoms with van der Waals surface area (Å²) in [5.74, 6) is 1.38. The van der Waals surface area contributed by atoms with E-state index in [9.17, 15) is 9.79 Å². The third-order valence-corrected chi connectivity index (χ3v) is 8.60. The summed E-state index contributed by atoms with van der Waals surface area (Å²) in [7, 11) is -4.93. The van der Waals surface area contributed by atoms with Crippen molar-refractivity contribution in [3.8, 4) is 11.5 Å². The van der Waals surface area contributed by atoms with Gasteiger partial charge in [0.05, 0.1) is 0 Å². The van der Waals surface area contributed by atoms with Crippen LogP contribution in [0.4, 0.5) is 0 Å². The molecule has 0 heterocycles. The molecule has 7 heteroatoms. The second kappa shape index (κ2) is 12.3. The standard InChI is InChI=1S/C32H52O5P2/c1-15-21-17-23(29(3,4)5)27(24(18-21)30(6,7)8)35-39(37-38(33)34)36-28-25(31(9,10)11)19-22(16-2)20-26(28)32(12,13)14/h17-20,33-34H,15-16H2,1-14H3. The molecule has 0 fully saturated rings. The molecule has 2 aromatic rings. The molecular formula is C32H52O5P2. The Morgan fingerprint density at radius 1 is 0.538 bits per heavy atom. The van der Waals surface area contributed by atoms with Crippen molar-refractivity contribution < 1.29 is 23.1 Å². The van der Waals surface area contributed by atoms with Gasteiger partial charge in [-0.25, -0.2) is 4.31 Å². The molecule has 0 spiro atoms. The lowest BCUT2D eigenvalue weighted by atomic mass is 9.78. The molecule has 0 unspecified atom stereocenters. The van der Waals surface area contributed by atoms with Gasteiger partial charge in [0, 0.05) is 22.3 Å². The molecule has 0 aliphatic heterocycles. The zero-order valence-corrected chi connectivity index (χ0v) is 28.5. The van der Waals surface area contributed by atoms with Gasteiger partial charge in [-0.15, -0.1) is 0 Å². The first-order valence-electron chi connectivity index (χ1n) is 14.0. The summed E-state index contributed by atoms with van der Waals surface area (Å²) < 4.78 is 18.9. The van der Waals surface area contributed by atoms with Crippen LogP contribution in [0.5, 0.6) is 11.5 Å². The summed E-state index contributed by atoms with van der Waals surface area (Å²) in [4.78, 5) is 20.0. The van der Waals surface area contributed by atoms with Gasteiger partial charge in [-0.2, -0.15) is 0 Å². The van der Waals surface area contributed by atoms with E-state index in [0.29, 0.717) is 11.5 Å². The number of rotatable bonds is 8.